The summed E-state index contributed by atoms with van der Waals surface area (Å²) in [5.41, 5.74) is 6.93. The number of nitrogens with two attached hydrogens (primary N) is 1. The molecular formula is C17H22N2O7. The Labute approximate surface area is 148 Å². The summed E-state index contributed by atoms with van der Waals surface area (Å²) in [6, 6.07) is 6.01. The summed E-state index contributed by atoms with van der Waals surface area (Å²) in [7, 11) is 0. The van der Waals surface area contributed by atoms with Crippen molar-refractivity contribution in [3.63, 3.8) is 0 Å². The van der Waals surface area contributed by atoms with Gasteiger partial charge >= 0.3 is 5.97 Å². The molecule has 1 aliphatic heterocycles. The largest absolute Gasteiger partial charge is 0.480 e. The van der Waals surface area contributed by atoms with E-state index in [1.54, 1.807) is 35.0 Å². The van der Waals surface area contributed by atoms with Crippen LogP contribution >= 0.6 is 0 Å². The van der Waals surface area contributed by atoms with Gasteiger partial charge in [0.2, 0.25) is 0 Å². The van der Waals surface area contributed by atoms with E-state index in [4.69, 9.17) is 15.6 Å². The number of aliphatic hydroxyl groups excluding tert-OH is 4. The van der Waals surface area contributed by atoms with Gasteiger partial charge in [-0.2, -0.15) is 0 Å². The zero-order valence-electron chi connectivity index (χ0n) is 13.8. The lowest BCUT2D eigenvalue weighted by Gasteiger charge is -2.40. The maximum Gasteiger partial charge on any atom is 0.320 e. The van der Waals surface area contributed by atoms with Crippen molar-refractivity contribution < 1.29 is 35.1 Å². The third kappa shape index (κ3) is 3.20. The third-order valence-corrected chi connectivity index (χ3v) is 4.72. The maximum absolute atomic E-state index is 11.1. The molecule has 0 radical (unpaired) electrons. The van der Waals surface area contributed by atoms with Gasteiger partial charge in [0.15, 0.2) is 6.23 Å². The minimum atomic E-state index is -1.50. The van der Waals surface area contributed by atoms with Crippen molar-refractivity contribution in [3.05, 3.63) is 36.0 Å². The second-order valence-corrected chi connectivity index (χ2v) is 6.45. The molecule has 0 spiro atoms. The molecule has 2 aromatic rings. The van der Waals surface area contributed by atoms with Crippen molar-refractivity contribution in [2.24, 2.45) is 5.73 Å². The summed E-state index contributed by atoms with van der Waals surface area (Å²) in [5.74, 6) is -1.13. The van der Waals surface area contributed by atoms with Crippen LogP contribution in [0.5, 0.6) is 0 Å². The van der Waals surface area contributed by atoms with E-state index in [0.29, 0.717) is 11.1 Å². The molecule has 1 saturated heterocycles. The van der Waals surface area contributed by atoms with Gasteiger partial charge in [-0.05, 0) is 11.6 Å². The number of ether oxygens (including phenoxy) is 1. The van der Waals surface area contributed by atoms with Gasteiger partial charge in [-0.15, -0.1) is 0 Å². The van der Waals surface area contributed by atoms with Gasteiger partial charge in [0.1, 0.15) is 30.5 Å². The SMILES string of the molecule is NC(Cc1cn([C@H]2O[C@H](CO)[C@@H](O)[C@H](O)[C@@H]2O)c2ccccc12)C(=O)O. The molecule has 0 aliphatic carbocycles. The van der Waals surface area contributed by atoms with Crippen LogP contribution in [0.2, 0.25) is 0 Å². The first kappa shape index (κ1) is 18.8. The molecule has 7 N–H and O–H groups in total. The first-order chi connectivity index (χ1) is 12.3. The smallest absolute Gasteiger partial charge is 0.320 e. The van der Waals surface area contributed by atoms with E-state index in [9.17, 15) is 25.2 Å². The number of carboxylic acids is 1. The average molecular weight is 366 g/mol. The summed E-state index contributed by atoms with van der Waals surface area (Å²) >= 11 is 0. The molecule has 1 fully saturated rings. The number of aliphatic hydroxyl groups is 4. The molecule has 1 unspecified atom stereocenters. The number of benzene rings is 1. The van der Waals surface area contributed by atoms with Gasteiger partial charge in [0.05, 0.1) is 12.1 Å². The molecule has 6 atom stereocenters. The Kier molecular flexibility index (Phi) is 5.28. The molecule has 142 valence electrons. The molecule has 1 aromatic heterocycles. The van der Waals surface area contributed by atoms with Gasteiger partial charge in [0.25, 0.3) is 0 Å². The van der Waals surface area contributed by atoms with Crippen LogP contribution in [0.1, 0.15) is 11.8 Å². The number of carboxylic acid groups (broad SMARTS) is 1. The van der Waals surface area contributed by atoms with Crippen molar-refractivity contribution in [1.82, 2.24) is 4.57 Å². The number of aromatic nitrogens is 1. The Bertz CT molecular complexity index is 791. The fourth-order valence-electron chi connectivity index (χ4n) is 3.29. The summed E-state index contributed by atoms with van der Waals surface area (Å²) < 4.78 is 7.15. The molecule has 0 amide bonds. The summed E-state index contributed by atoms with van der Waals surface area (Å²) in [6.07, 6.45) is -4.82. The minimum Gasteiger partial charge on any atom is -0.480 e. The summed E-state index contributed by atoms with van der Waals surface area (Å²) in [5, 5.41) is 49.5. The molecule has 9 heteroatoms. The number of hydrogen-bond acceptors (Lipinski definition) is 7. The quantitative estimate of drug-likeness (QED) is 0.376. The Morgan fingerprint density at radius 1 is 1.19 bits per heavy atom. The van der Waals surface area contributed by atoms with Gasteiger partial charge in [-0.1, -0.05) is 18.2 Å². The molecule has 0 bridgehead atoms. The van der Waals surface area contributed by atoms with Crippen molar-refractivity contribution in [3.8, 4) is 0 Å². The van der Waals surface area contributed by atoms with Gasteiger partial charge in [0, 0.05) is 18.0 Å². The zero-order chi connectivity index (χ0) is 19.0. The van der Waals surface area contributed by atoms with E-state index < -0.39 is 49.3 Å². The molecular weight excluding hydrogens is 344 g/mol. The van der Waals surface area contributed by atoms with E-state index in [2.05, 4.69) is 0 Å². The standard InChI is InChI=1S/C17H22N2O7/c18-10(17(24)25)5-8-6-19(11-4-2-1-3-9(8)11)16-15(23)14(22)13(21)12(7-20)26-16/h1-4,6,10,12-16,20-23H,5,7,18H2,(H,24,25)/t10?,12-,13-,14+,15+,16+/m1/s1. The minimum absolute atomic E-state index is 0.0697. The van der Waals surface area contributed by atoms with Crippen molar-refractivity contribution in [2.45, 2.75) is 43.1 Å². The monoisotopic (exact) mass is 366 g/mol. The first-order valence-corrected chi connectivity index (χ1v) is 8.22. The lowest BCUT2D eigenvalue weighted by molar-refractivity contribution is -0.250. The highest BCUT2D eigenvalue weighted by Crippen LogP contribution is 2.33. The Morgan fingerprint density at radius 2 is 1.88 bits per heavy atom. The predicted octanol–water partition coefficient (Wildman–Crippen LogP) is -1.43. The van der Waals surface area contributed by atoms with Crippen LogP contribution in [0.15, 0.2) is 30.5 Å². The van der Waals surface area contributed by atoms with E-state index >= 15 is 0 Å². The first-order valence-electron chi connectivity index (χ1n) is 8.22. The van der Waals surface area contributed by atoms with Crippen molar-refractivity contribution >= 4 is 16.9 Å². The maximum atomic E-state index is 11.1. The Morgan fingerprint density at radius 3 is 2.54 bits per heavy atom. The topological polar surface area (TPSA) is 158 Å². The van der Waals surface area contributed by atoms with Crippen LogP contribution in [0.4, 0.5) is 0 Å². The van der Waals surface area contributed by atoms with Crippen LogP contribution in [0, 0.1) is 0 Å². The highest BCUT2D eigenvalue weighted by molar-refractivity contribution is 5.85. The molecule has 26 heavy (non-hydrogen) atoms. The van der Waals surface area contributed by atoms with Gasteiger partial charge < -0.3 is 40.6 Å². The van der Waals surface area contributed by atoms with E-state index in [1.165, 1.54) is 0 Å². The number of nitrogens with zero attached hydrogens (tertiary/aromatic N) is 1. The van der Waals surface area contributed by atoms with E-state index in [-0.39, 0.29) is 6.42 Å². The molecule has 9 nitrogen and oxygen atoms in total. The lowest BCUT2D eigenvalue weighted by atomic mass is 9.98. The third-order valence-electron chi connectivity index (χ3n) is 4.72. The summed E-state index contributed by atoms with van der Waals surface area (Å²) in [4.78, 5) is 11.1. The number of hydrogen-bond donors (Lipinski definition) is 6. The normalized spacial score (nSPS) is 30.4. The predicted molar refractivity (Wildman–Crippen MR) is 90.3 cm³/mol. The van der Waals surface area contributed by atoms with Crippen molar-refractivity contribution in [1.29, 1.82) is 0 Å². The molecule has 1 aliphatic rings. The molecule has 2 heterocycles. The van der Waals surface area contributed by atoms with E-state index in [0.717, 1.165) is 5.39 Å². The molecule has 0 saturated carbocycles. The Balaban J connectivity index is 2.03. The van der Waals surface area contributed by atoms with Gasteiger partial charge in [-0.3, -0.25) is 4.79 Å². The van der Waals surface area contributed by atoms with Gasteiger partial charge in [-0.25, -0.2) is 0 Å². The zero-order valence-corrected chi connectivity index (χ0v) is 13.8. The highest BCUT2D eigenvalue weighted by atomic mass is 16.6. The number of fused-ring (bicyclic) bond motifs is 1. The number of aliphatic carboxylic acids is 1. The van der Waals surface area contributed by atoms with Crippen LogP contribution < -0.4 is 5.73 Å². The van der Waals surface area contributed by atoms with E-state index in [1.807, 2.05) is 0 Å². The highest BCUT2D eigenvalue weighted by Gasteiger charge is 2.44. The fraction of sp³-hybridized carbons (Fsp3) is 0.471. The molecule has 3 rings (SSSR count). The van der Waals surface area contributed by atoms with Crippen LogP contribution in [0.25, 0.3) is 10.9 Å². The number of rotatable bonds is 5. The number of para-hydroxylation sites is 1. The fourth-order valence-corrected chi connectivity index (χ4v) is 3.29. The number of carbonyl (C=O) groups is 1. The second kappa shape index (κ2) is 7.31. The summed E-state index contributed by atoms with van der Waals surface area (Å²) in [6.45, 7) is -0.530. The van der Waals surface area contributed by atoms with Crippen LogP contribution in [0.3, 0.4) is 0 Å². The van der Waals surface area contributed by atoms with Crippen LogP contribution in [-0.4, -0.2) is 73.1 Å². The van der Waals surface area contributed by atoms with Crippen LogP contribution in [-0.2, 0) is 16.0 Å². The lowest BCUT2D eigenvalue weighted by Crippen LogP contribution is -2.56. The second-order valence-electron chi connectivity index (χ2n) is 6.45. The molecule has 1 aromatic carbocycles. The average Bonchev–Trinajstić information content (AvgIpc) is 2.98. The Hall–Kier alpha value is -2.01. The van der Waals surface area contributed by atoms with Crippen molar-refractivity contribution in [2.75, 3.05) is 6.61 Å².